The van der Waals surface area contributed by atoms with Gasteiger partial charge in [0.15, 0.2) is 0 Å². The van der Waals surface area contributed by atoms with Gasteiger partial charge < -0.3 is 9.30 Å². The van der Waals surface area contributed by atoms with E-state index in [1.54, 1.807) is 0 Å². The van der Waals surface area contributed by atoms with Crippen molar-refractivity contribution in [3.63, 3.8) is 0 Å². The lowest BCUT2D eigenvalue weighted by atomic mass is 9.92. The second-order valence-corrected chi connectivity index (χ2v) is 8.74. The van der Waals surface area contributed by atoms with Gasteiger partial charge in [-0.25, -0.2) is 0 Å². The van der Waals surface area contributed by atoms with Crippen LogP contribution in [-0.2, 0) is 6.54 Å². The zero-order valence-electron chi connectivity index (χ0n) is 20.0. The molecular weight excluding hydrogens is 416 g/mol. The molecule has 0 aliphatic rings. The molecule has 0 radical (unpaired) electrons. The van der Waals surface area contributed by atoms with Crippen molar-refractivity contribution in [3.8, 4) is 22.8 Å². The molecular formula is C31H30N2O. The molecule has 0 N–H and O–H groups in total. The standard InChI is InChI=1S/C31H30N2O/c1-4-33-28-21-12-11-20-27(28)29(31(33)23-14-7-5-8-15-23)30(32(2)3)24-16-13-19-26(22-24)34-25-17-9-6-10-18-25/h5-22,30H,4H2,1-3H3. The molecule has 0 spiro atoms. The Morgan fingerprint density at radius 2 is 1.38 bits per heavy atom. The van der Waals surface area contributed by atoms with Crippen LogP contribution in [0, 0.1) is 0 Å². The van der Waals surface area contributed by atoms with Crippen LogP contribution in [0.25, 0.3) is 22.2 Å². The number of ether oxygens (including phenoxy) is 1. The maximum Gasteiger partial charge on any atom is 0.127 e. The third-order valence-electron chi connectivity index (χ3n) is 6.32. The first-order valence-corrected chi connectivity index (χ1v) is 11.8. The van der Waals surface area contributed by atoms with E-state index in [1.165, 1.54) is 33.3 Å². The van der Waals surface area contributed by atoms with Gasteiger partial charge in [0.25, 0.3) is 0 Å². The second-order valence-electron chi connectivity index (χ2n) is 8.74. The summed E-state index contributed by atoms with van der Waals surface area (Å²) in [6.07, 6.45) is 0. The summed E-state index contributed by atoms with van der Waals surface area (Å²) in [4.78, 5) is 2.30. The summed E-state index contributed by atoms with van der Waals surface area (Å²) < 4.78 is 8.64. The molecule has 5 rings (SSSR count). The van der Waals surface area contributed by atoms with Crippen molar-refractivity contribution in [2.24, 2.45) is 0 Å². The summed E-state index contributed by atoms with van der Waals surface area (Å²) in [5.74, 6) is 1.68. The number of hydrogen-bond donors (Lipinski definition) is 0. The molecule has 170 valence electrons. The fraction of sp³-hybridized carbons (Fsp3) is 0.161. The van der Waals surface area contributed by atoms with Gasteiger partial charge in [-0.05, 0) is 62.5 Å². The lowest BCUT2D eigenvalue weighted by Gasteiger charge is -2.27. The molecule has 0 saturated heterocycles. The molecule has 1 aromatic heterocycles. The maximum atomic E-state index is 6.19. The van der Waals surface area contributed by atoms with Crippen molar-refractivity contribution in [1.29, 1.82) is 0 Å². The Bertz CT molecular complexity index is 1390. The number of aromatic nitrogens is 1. The maximum absolute atomic E-state index is 6.19. The van der Waals surface area contributed by atoms with Gasteiger partial charge in [-0.3, -0.25) is 4.90 Å². The molecule has 0 aliphatic heterocycles. The largest absolute Gasteiger partial charge is 0.457 e. The van der Waals surface area contributed by atoms with Crippen molar-refractivity contribution in [3.05, 3.63) is 120 Å². The number of rotatable bonds is 7. The van der Waals surface area contributed by atoms with Crippen LogP contribution in [-0.4, -0.2) is 23.6 Å². The number of hydrogen-bond acceptors (Lipinski definition) is 2. The predicted molar refractivity (Wildman–Crippen MR) is 142 cm³/mol. The smallest absolute Gasteiger partial charge is 0.127 e. The summed E-state index contributed by atoms with van der Waals surface area (Å²) in [5.41, 5.74) is 6.30. The van der Waals surface area contributed by atoms with E-state index in [9.17, 15) is 0 Å². The molecule has 34 heavy (non-hydrogen) atoms. The molecule has 3 nitrogen and oxygen atoms in total. The van der Waals surface area contributed by atoms with Crippen molar-refractivity contribution in [1.82, 2.24) is 9.47 Å². The summed E-state index contributed by atoms with van der Waals surface area (Å²) in [6.45, 7) is 3.13. The summed E-state index contributed by atoms with van der Waals surface area (Å²) in [6, 6.07) is 38.0. The van der Waals surface area contributed by atoms with Crippen molar-refractivity contribution < 1.29 is 4.74 Å². The first-order chi connectivity index (χ1) is 16.7. The van der Waals surface area contributed by atoms with E-state index in [1.807, 2.05) is 36.4 Å². The van der Waals surface area contributed by atoms with Crippen LogP contribution in [0.3, 0.4) is 0 Å². The average molecular weight is 447 g/mol. The Kier molecular flexibility index (Phi) is 6.20. The van der Waals surface area contributed by atoms with Crippen LogP contribution in [0.4, 0.5) is 0 Å². The van der Waals surface area contributed by atoms with Gasteiger partial charge in [0.05, 0.1) is 11.7 Å². The number of aryl methyl sites for hydroxylation is 1. The van der Waals surface area contributed by atoms with Gasteiger partial charge in [0, 0.05) is 23.0 Å². The van der Waals surface area contributed by atoms with Crippen LogP contribution >= 0.6 is 0 Å². The highest BCUT2D eigenvalue weighted by Crippen LogP contribution is 2.42. The minimum absolute atomic E-state index is 0.0622. The van der Waals surface area contributed by atoms with Gasteiger partial charge in [-0.1, -0.05) is 78.9 Å². The van der Waals surface area contributed by atoms with E-state index in [2.05, 4.69) is 103 Å². The fourth-order valence-electron chi connectivity index (χ4n) is 4.94. The fourth-order valence-corrected chi connectivity index (χ4v) is 4.94. The normalized spacial score (nSPS) is 12.2. The lowest BCUT2D eigenvalue weighted by molar-refractivity contribution is 0.343. The zero-order chi connectivity index (χ0) is 23.5. The molecule has 1 atom stereocenters. The van der Waals surface area contributed by atoms with Crippen molar-refractivity contribution >= 4 is 10.9 Å². The Hall–Kier alpha value is -3.82. The van der Waals surface area contributed by atoms with E-state index in [4.69, 9.17) is 4.74 Å². The molecule has 1 unspecified atom stereocenters. The average Bonchev–Trinajstić information content (AvgIpc) is 3.19. The monoisotopic (exact) mass is 446 g/mol. The number of benzene rings is 4. The second kappa shape index (κ2) is 9.58. The predicted octanol–water partition coefficient (Wildman–Crippen LogP) is 7.77. The van der Waals surface area contributed by atoms with Crippen LogP contribution < -0.4 is 4.74 Å². The molecule has 0 fully saturated rings. The quantitative estimate of drug-likeness (QED) is 0.254. The zero-order valence-corrected chi connectivity index (χ0v) is 20.0. The topological polar surface area (TPSA) is 17.4 Å². The minimum Gasteiger partial charge on any atom is -0.457 e. The van der Waals surface area contributed by atoms with Gasteiger partial charge in [-0.15, -0.1) is 0 Å². The molecule has 0 saturated carbocycles. The molecule has 5 aromatic rings. The lowest BCUT2D eigenvalue weighted by Crippen LogP contribution is -2.22. The van der Waals surface area contributed by atoms with Gasteiger partial charge >= 0.3 is 0 Å². The van der Waals surface area contributed by atoms with Crippen LogP contribution in [0.2, 0.25) is 0 Å². The van der Waals surface area contributed by atoms with E-state index in [0.717, 1.165) is 18.0 Å². The SMILES string of the molecule is CCn1c(-c2ccccc2)c(C(c2cccc(Oc3ccccc3)c2)N(C)C)c2ccccc21. The van der Waals surface area contributed by atoms with Crippen molar-refractivity contribution in [2.45, 2.75) is 19.5 Å². The molecule has 3 heteroatoms. The molecule has 1 heterocycles. The Labute approximate surface area is 201 Å². The van der Waals surface area contributed by atoms with E-state index in [0.29, 0.717) is 0 Å². The van der Waals surface area contributed by atoms with Gasteiger partial charge in [0.1, 0.15) is 11.5 Å². The Morgan fingerprint density at radius 1 is 0.735 bits per heavy atom. The molecule has 4 aromatic carbocycles. The first-order valence-electron chi connectivity index (χ1n) is 11.8. The Balaban J connectivity index is 1.71. The third-order valence-corrected chi connectivity index (χ3v) is 6.32. The number of fused-ring (bicyclic) bond motifs is 1. The molecule has 0 aliphatic carbocycles. The van der Waals surface area contributed by atoms with E-state index >= 15 is 0 Å². The summed E-state index contributed by atoms with van der Waals surface area (Å²) in [5, 5.41) is 1.29. The highest BCUT2D eigenvalue weighted by atomic mass is 16.5. The highest BCUT2D eigenvalue weighted by molar-refractivity contribution is 5.93. The van der Waals surface area contributed by atoms with E-state index in [-0.39, 0.29) is 6.04 Å². The molecule has 0 bridgehead atoms. The third kappa shape index (κ3) is 4.11. The van der Waals surface area contributed by atoms with Gasteiger partial charge in [0.2, 0.25) is 0 Å². The minimum atomic E-state index is 0.0622. The van der Waals surface area contributed by atoms with Crippen LogP contribution in [0.1, 0.15) is 24.1 Å². The van der Waals surface area contributed by atoms with E-state index < -0.39 is 0 Å². The Morgan fingerprint density at radius 3 is 2.09 bits per heavy atom. The number of nitrogens with zero attached hydrogens (tertiary/aromatic N) is 2. The van der Waals surface area contributed by atoms with Crippen molar-refractivity contribution in [2.75, 3.05) is 14.1 Å². The van der Waals surface area contributed by atoms with Crippen LogP contribution in [0.15, 0.2) is 109 Å². The number of para-hydroxylation sites is 2. The van der Waals surface area contributed by atoms with Gasteiger partial charge in [-0.2, -0.15) is 0 Å². The summed E-state index contributed by atoms with van der Waals surface area (Å²) >= 11 is 0. The summed E-state index contributed by atoms with van der Waals surface area (Å²) in [7, 11) is 4.31. The first kappa shape index (κ1) is 22.0. The highest BCUT2D eigenvalue weighted by Gasteiger charge is 2.27. The van der Waals surface area contributed by atoms with Crippen LogP contribution in [0.5, 0.6) is 11.5 Å². The molecule has 0 amide bonds.